The highest BCUT2D eigenvalue weighted by atomic mass is 16.5. The second kappa shape index (κ2) is 9.21. The summed E-state index contributed by atoms with van der Waals surface area (Å²) in [5, 5.41) is 18.2. The average molecular weight is 406 g/mol. The Hall–Kier alpha value is -3.00. The molecule has 7 heteroatoms. The first-order valence-corrected chi connectivity index (χ1v) is 10.2. The number of aliphatic hydroxyl groups excluding tert-OH is 1. The molecule has 1 heterocycles. The minimum absolute atomic E-state index is 0.114. The number of H-pyrrole nitrogens is 1. The number of hydrogen-bond donors (Lipinski definition) is 4. The van der Waals surface area contributed by atoms with Crippen molar-refractivity contribution in [2.45, 2.75) is 25.3 Å². The van der Waals surface area contributed by atoms with Crippen LogP contribution in [-0.2, 0) is 17.6 Å². The number of rotatable bonds is 8. The number of amides is 1. The number of carbonyl (C=O) groups is 1. The van der Waals surface area contributed by atoms with Gasteiger partial charge in [-0.25, -0.2) is 10.5 Å². The van der Waals surface area contributed by atoms with Crippen LogP contribution in [0.3, 0.4) is 0 Å². The normalized spacial score (nSPS) is 15.9. The third-order valence-electron chi connectivity index (χ3n) is 5.65. The van der Waals surface area contributed by atoms with Gasteiger partial charge < -0.3 is 10.1 Å². The zero-order valence-corrected chi connectivity index (χ0v) is 16.7. The number of aromatic amines is 1. The Labute approximate surface area is 175 Å². The lowest BCUT2D eigenvalue weighted by atomic mass is 10.0. The van der Waals surface area contributed by atoms with Crippen molar-refractivity contribution in [1.29, 1.82) is 0 Å². The lowest BCUT2D eigenvalue weighted by molar-refractivity contribution is -0.124. The highest BCUT2D eigenvalue weighted by Gasteiger charge is 2.27. The van der Waals surface area contributed by atoms with Crippen molar-refractivity contribution in [3.05, 3.63) is 71.1 Å². The Morgan fingerprint density at radius 1 is 1.27 bits per heavy atom. The molecule has 2 aromatic carbocycles. The number of carbonyl (C=O) groups excluding carboxylic acids is 1. The standard InChI is InChI=1S/C23H26N4O3/c28-14-13-27(12-11-22-24-19-3-1-2-4-20(19)25-22)21-9-7-17-15-16(5-8-18(17)21)6-10-23(29)26-30/h1-6,8,10,15,21,28,30H,7,9,11-14H2,(H,24,25)(H,26,29)/b10-6+. The molecule has 4 N–H and O–H groups in total. The number of aromatic nitrogens is 2. The van der Waals surface area contributed by atoms with Crippen LogP contribution < -0.4 is 5.48 Å². The van der Waals surface area contributed by atoms with Crippen LogP contribution in [0.25, 0.3) is 17.1 Å². The van der Waals surface area contributed by atoms with Crippen molar-refractivity contribution < 1.29 is 15.1 Å². The highest BCUT2D eigenvalue weighted by molar-refractivity contribution is 5.90. The monoisotopic (exact) mass is 406 g/mol. The van der Waals surface area contributed by atoms with E-state index in [4.69, 9.17) is 5.21 Å². The topological polar surface area (TPSA) is 101 Å². The maximum Gasteiger partial charge on any atom is 0.267 e. The van der Waals surface area contributed by atoms with E-state index >= 15 is 0 Å². The number of nitrogens with zero attached hydrogens (tertiary/aromatic N) is 2. The zero-order chi connectivity index (χ0) is 20.9. The van der Waals surface area contributed by atoms with E-state index in [9.17, 15) is 9.90 Å². The van der Waals surface area contributed by atoms with Crippen molar-refractivity contribution in [2.75, 3.05) is 19.7 Å². The minimum Gasteiger partial charge on any atom is -0.395 e. The molecule has 0 fully saturated rings. The molecule has 0 bridgehead atoms. The Kier molecular flexibility index (Phi) is 6.23. The molecular weight excluding hydrogens is 380 g/mol. The van der Waals surface area contributed by atoms with Crippen molar-refractivity contribution in [1.82, 2.24) is 20.3 Å². The van der Waals surface area contributed by atoms with Crippen molar-refractivity contribution >= 4 is 23.0 Å². The molecule has 1 unspecified atom stereocenters. The van der Waals surface area contributed by atoms with Gasteiger partial charge in [-0.05, 0) is 47.7 Å². The summed E-state index contributed by atoms with van der Waals surface area (Å²) in [6.45, 7) is 1.54. The summed E-state index contributed by atoms with van der Waals surface area (Å²) in [5.74, 6) is 0.410. The molecule has 0 spiro atoms. The van der Waals surface area contributed by atoms with E-state index in [1.807, 2.05) is 30.3 Å². The molecule has 1 aromatic heterocycles. The predicted molar refractivity (Wildman–Crippen MR) is 115 cm³/mol. The Morgan fingerprint density at radius 2 is 2.13 bits per heavy atom. The number of hydroxylamine groups is 1. The van der Waals surface area contributed by atoms with Gasteiger partial charge in [-0.2, -0.15) is 0 Å². The summed E-state index contributed by atoms with van der Waals surface area (Å²) >= 11 is 0. The molecule has 1 atom stereocenters. The first kappa shape index (κ1) is 20.3. The smallest absolute Gasteiger partial charge is 0.267 e. The summed E-state index contributed by atoms with van der Waals surface area (Å²) in [7, 11) is 0. The van der Waals surface area contributed by atoms with Crippen LogP contribution in [0.2, 0.25) is 0 Å². The van der Waals surface area contributed by atoms with Gasteiger partial charge in [0.25, 0.3) is 5.91 Å². The fourth-order valence-electron chi connectivity index (χ4n) is 4.23. The number of nitrogens with one attached hydrogen (secondary N) is 2. The largest absolute Gasteiger partial charge is 0.395 e. The highest BCUT2D eigenvalue weighted by Crippen LogP contribution is 2.36. The van der Waals surface area contributed by atoms with E-state index in [-0.39, 0.29) is 12.6 Å². The third-order valence-corrected chi connectivity index (χ3v) is 5.65. The van der Waals surface area contributed by atoms with E-state index in [1.54, 1.807) is 11.6 Å². The predicted octanol–water partition coefficient (Wildman–Crippen LogP) is 2.61. The van der Waals surface area contributed by atoms with Crippen LogP contribution in [0.15, 0.2) is 48.5 Å². The molecule has 0 aliphatic heterocycles. The molecule has 0 radical (unpaired) electrons. The Morgan fingerprint density at radius 3 is 2.93 bits per heavy atom. The van der Waals surface area contributed by atoms with E-state index in [0.717, 1.165) is 48.2 Å². The minimum atomic E-state index is -0.548. The van der Waals surface area contributed by atoms with Crippen molar-refractivity contribution in [3.63, 3.8) is 0 Å². The van der Waals surface area contributed by atoms with Crippen LogP contribution in [0.5, 0.6) is 0 Å². The second-order valence-corrected chi connectivity index (χ2v) is 7.53. The summed E-state index contributed by atoms with van der Waals surface area (Å²) in [4.78, 5) is 21.6. The molecule has 4 rings (SSSR count). The number of imidazole rings is 1. The molecule has 1 aliphatic rings. The molecule has 30 heavy (non-hydrogen) atoms. The fourth-order valence-corrected chi connectivity index (χ4v) is 4.23. The molecule has 156 valence electrons. The zero-order valence-electron chi connectivity index (χ0n) is 16.7. The Bertz CT molecular complexity index is 1030. The number of aryl methyl sites for hydroxylation is 1. The van der Waals surface area contributed by atoms with E-state index in [1.165, 1.54) is 17.2 Å². The van der Waals surface area contributed by atoms with E-state index < -0.39 is 5.91 Å². The van der Waals surface area contributed by atoms with Gasteiger partial charge in [-0.1, -0.05) is 30.3 Å². The summed E-state index contributed by atoms with van der Waals surface area (Å²) < 4.78 is 0. The first-order valence-electron chi connectivity index (χ1n) is 10.2. The van der Waals surface area contributed by atoms with Gasteiger partial charge in [0.2, 0.25) is 0 Å². The number of aliphatic hydroxyl groups is 1. The van der Waals surface area contributed by atoms with Gasteiger partial charge in [-0.15, -0.1) is 0 Å². The van der Waals surface area contributed by atoms with Gasteiger partial charge in [0.1, 0.15) is 5.82 Å². The lowest BCUT2D eigenvalue weighted by Crippen LogP contribution is -2.32. The van der Waals surface area contributed by atoms with Gasteiger partial charge >= 0.3 is 0 Å². The number of fused-ring (bicyclic) bond motifs is 2. The van der Waals surface area contributed by atoms with Crippen LogP contribution >= 0.6 is 0 Å². The molecule has 1 amide bonds. The van der Waals surface area contributed by atoms with E-state index in [2.05, 4.69) is 27.0 Å². The summed E-state index contributed by atoms with van der Waals surface area (Å²) in [6.07, 6.45) is 5.74. The molecule has 7 nitrogen and oxygen atoms in total. The number of benzene rings is 2. The summed E-state index contributed by atoms with van der Waals surface area (Å²) in [6, 6.07) is 14.5. The third kappa shape index (κ3) is 4.43. The van der Waals surface area contributed by atoms with Gasteiger partial charge in [0, 0.05) is 31.6 Å². The van der Waals surface area contributed by atoms with E-state index in [0.29, 0.717) is 6.54 Å². The molecule has 0 saturated carbocycles. The second-order valence-electron chi connectivity index (χ2n) is 7.53. The van der Waals surface area contributed by atoms with Crippen molar-refractivity contribution in [2.24, 2.45) is 0 Å². The maximum atomic E-state index is 11.2. The number of para-hydroxylation sites is 2. The molecular formula is C23H26N4O3. The number of hydrogen-bond acceptors (Lipinski definition) is 5. The first-order chi connectivity index (χ1) is 14.7. The molecule has 3 aromatic rings. The van der Waals surface area contributed by atoms with Crippen LogP contribution in [0.1, 0.15) is 35.0 Å². The fraction of sp³-hybridized carbons (Fsp3) is 0.304. The average Bonchev–Trinajstić information content (AvgIpc) is 3.38. The molecule has 1 aliphatic carbocycles. The van der Waals surface area contributed by atoms with Crippen LogP contribution in [0.4, 0.5) is 0 Å². The SMILES string of the molecule is O=C(/C=C/c1ccc2c(c1)CCC2N(CCO)CCc1nc2ccccc2[nH]1)NO. The van der Waals surface area contributed by atoms with Crippen LogP contribution in [-0.4, -0.2) is 50.8 Å². The lowest BCUT2D eigenvalue weighted by Gasteiger charge is -2.28. The van der Waals surface area contributed by atoms with Gasteiger partial charge in [0.15, 0.2) is 0 Å². The van der Waals surface area contributed by atoms with Crippen molar-refractivity contribution in [3.8, 4) is 0 Å². The Balaban J connectivity index is 1.47. The quantitative estimate of drug-likeness (QED) is 0.262. The van der Waals surface area contributed by atoms with Crippen LogP contribution in [0, 0.1) is 0 Å². The molecule has 0 saturated heterocycles. The maximum absolute atomic E-state index is 11.2. The summed E-state index contributed by atoms with van der Waals surface area (Å²) in [5.41, 5.74) is 7.08. The van der Waals surface area contributed by atoms with Gasteiger partial charge in [-0.3, -0.25) is 14.9 Å². The van der Waals surface area contributed by atoms with Gasteiger partial charge in [0.05, 0.1) is 17.6 Å².